The van der Waals surface area contributed by atoms with Crippen LogP contribution in [0.15, 0.2) is 11.6 Å². The quantitative estimate of drug-likeness (QED) is 0.284. The highest BCUT2D eigenvalue weighted by atomic mass is 16.5. The maximum Gasteiger partial charge on any atom is 0.302 e. The molecule has 0 aromatic heterocycles. The fourth-order valence-electron chi connectivity index (χ4n) is 11.5. The monoisotopic (exact) mass is 498 g/mol. The van der Waals surface area contributed by atoms with E-state index >= 15 is 0 Å². The lowest BCUT2D eigenvalue weighted by atomic mass is 9.33. The maximum absolute atomic E-state index is 12.0. The first-order chi connectivity index (χ1) is 16.7. The van der Waals surface area contributed by atoms with Crippen molar-refractivity contribution in [1.82, 2.24) is 0 Å². The highest BCUT2D eigenvalue weighted by Gasteiger charge is 2.70. The van der Waals surface area contributed by atoms with Gasteiger partial charge < -0.3 is 9.47 Å². The van der Waals surface area contributed by atoms with E-state index in [1.807, 2.05) is 7.11 Å². The molecular weight excluding hydrogens is 444 g/mol. The van der Waals surface area contributed by atoms with Crippen molar-refractivity contribution in [3.8, 4) is 0 Å². The van der Waals surface area contributed by atoms with Gasteiger partial charge in [-0.25, -0.2) is 0 Å². The van der Waals surface area contributed by atoms with Crippen LogP contribution >= 0.6 is 0 Å². The van der Waals surface area contributed by atoms with E-state index in [1.54, 1.807) is 12.5 Å². The Kier molecular flexibility index (Phi) is 6.19. The van der Waals surface area contributed by atoms with E-state index in [4.69, 9.17) is 9.47 Å². The Balaban J connectivity index is 1.61. The molecule has 11 atom stereocenters. The largest absolute Gasteiger partial charge is 0.462 e. The van der Waals surface area contributed by atoms with Gasteiger partial charge in [-0.2, -0.15) is 0 Å². The molecule has 0 aromatic rings. The fourth-order valence-corrected chi connectivity index (χ4v) is 11.5. The van der Waals surface area contributed by atoms with Crippen molar-refractivity contribution in [2.75, 3.05) is 7.11 Å². The van der Waals surface area contributed by atoms with Gasteiger partial charge in [-0.15, -0.1) is 0 Å². The number of ether oxygens (including phenoxy) is 2. The van der Waals surface area contributed by atoms with Crippen LogP contribution in [0, 0.1) is 56.7 Å². The summed E-state index contributed by atoms with van der Waals surface area (Å²) in [5.74, 6) is 3.09. The van der Waals surface area contributed by atoms with Crippen LogP contribution in [0.25, 0.3) is 0 Å². The third kappa shape index (κ3) is 3.35. The van der Waals surface area contributed by atoms with E-state index in [9.17, 15) is 4.79 Å². The summed E-state index contributed by atoms with van der Waals surface area (Å²) in [6.07, 6.45) is 12.8. The lowest BCUT2D eigenvalue weighted by Crippen LogP contribution is -2.67. The predicted molar refractivity (Wildman–Crippen MR) is 146 cm³/mol. The minimum absolute atomic E-state index is 0.0173. The van der Waals surface area contributed by atoms with E-state index < -0.39 is 0 Å². The lowest BCUT2D eigenvalue weighted by molar-refractivity contribution is -0.233. The second-order valence-electron chi connectivity index (χ2n) is 15.6. The molecule has 0 aromatic carbocycles. The summed E-state index contributed by atoms with van der Waals surface area (Å²) in [6, 6.07) is 0. The number of allylic oxidation sites excluding steroid dienone is 1. The molecule has 5 rings (SSSR count). The van der Waals surface area contributed by atoms with Crippen LogP contribution in [0.3, 0.4) is 0 Å². The van der Waals surface area contributed by atoms with Crippen LogP contribution < -0.4 is 0 Å². The highest BCUT2D eigenvalue weighted by molar-refractivity contribution is 5.66. The Morgan fingerprint density at radius 3 is 2.25 bits per heavy atom. The number of hydrogen-bond donors (Lipinski definition) is 0. The van der Waals surface area contributed by atoms with Crippen LogP contribution in [0.2, 0.25) is 0 Å². The molecule has 3 heteroatoms. The number of carbonyl (C=O) groups is 1. The molecule has 5 aliphatic carbocycles. The number of fused-ring (bicyclic) bond motifs is 7. The van der Waals surface area contributed by atoms with Crippen LogP contribution in [-0.4, -0.2) is 25.3 Å². The topological polar surface area (TPSA) is 35.5 Å². The predicted octanol–water partition coefficient (Wildman–Crippen LogP) is 8.22. The molecule has 0 radical (unpaired) electrons. The second kappa shape index (κ2) is 8.33. The zero-order chi connectivity index (χ0) is 26.5. The zero-order valence-corrected chi connectivity index (χ0v) is 25.0. The van der Waals surface area contributed by atoms with Gasteiger partial charge in [0.05, 0.1) is 6.10 Å². The molecule has 0 spiro atoms. The summed E-state index contributed by atoms with van der Waals surface area (Å²) in [5, 5.41) is 0. The molecule has 204 valence electrons. The van der Waals surface area contributed by atoms with Crippen LogP contribution in [0.4, 0.5) is 0 Å². The van der Waals surface area contributed by atoms with Crippen LogP contribution in [0.1, 0.15) is 114 Å². The van der Waals surface area contributed by atoms with Crippen molar-refractivity contribution in [3.05, 3.63) is 11.6 Å². The normalized spacial score (nSPS) is 53.7. The van der Waals surface area contributed by atoms with Gasteiger partial charge in [0, 0.05) is 25.4 Å². The molecule has 0 saturated heterocycles. The Morgan fingerprint density at radius 2 is 1.61 bits per heavy atom. The molecular formula is C33H54O3. The van der Waals surface area contributed by atoms with Gasteiger partial charge in [-0.3, -0.25) is 4.79 Å². The Bertz CT molecular complexity index is 935. The molecule has 4 fully saturated rings. The Hall–Kier alpha value is -0.830. The molecule has 0 aliphatic heterocycles. The van der Waals surface area contributed by atoms with E-state index in [0.29, 0.717) is 23.2 Å². The molecule has 0 heterocycles. The first kappa shape index (κ1) is 26.8. The summed E-state index contributed by atoms with van der Waals surface area (Å²) < 4.78 is 12.4. The van der Waals surface area contributed by atoms with E-state index in [0.717, 1.165) is 24.7 Å². The molecule has 3 nitrogen and oxygen atoms in total. The average Bonchev–Trinajstić information content (AvgIpc) is 2.79. The molecule has 0 amide bonds. The van der Waals surface area contributed by atoms with Gasteiger partial charge in [0.2, 0.25) is 0 Å². The van der Waals surface area contributed by atoms with Gasteiger partial charge in [0.1, 0.15) is 6.10 Å². The first-order valence-corrected chi connectivity index (χ1v) is 15.1. The van der Waals surface area contributed by atoms with Gasteiger partial charge in [0.25, 0.3) is 0 Å². The SMILES string of the molecule is CO[C@@H]1C=C2[C@@H]3[C@@H](C)[C@H](C)CC[C@]3(C)CC[C@@]2(C)[C@]2(C)CC[C@H]3C(C)(C)[C@@H](OC(C)=O)CC[C@]3(C)[C@@H]12. The van der Waals surface area contributed by atoms with Crippen molar-refractivity contribution in [3.63, 3.8) is 0 Å². The van der Waals surface area contributed by atoms with Crippen molar-refractivity contribution in [2.45, 2.75) is 126 Å². The van der Waals surface area contributed by atoms with Crippen molar-refractivity contribution in [2.24, 2.45) is 56.7 Å². The second-order valence-corrected chi connectivity index (χ2v) is 15.6. The smallest absolute Gasteiger partial charge is 0.302 e. The highest BCUT2D eigenvalue weighted by Crippen LogP contribution is 2.76. The molecule has 0 unspecified atom stereocenters. The van der Waals surface area contributed by atoms with E-state index in [-0.39, 0.29) is 39.8 Å². The van der Waals surface area contributed by atoms with Gasteiger partial charge >= 0.3 is 5.97 Å². The molecule has 36 heavy (non-hydrogen) atoms. The number of methoxy groups -OCH3 is 1. The Morgan fingerprint density at radius 1 is 0.917 bits per heavy atom. The van der Waals surface area contributed by atoms with Crippen molar-refractivity contribution < 1.29 is 14.3 Å². The van der Waals surface area contributed by atoms with Gasteiger partial charge in [-0.05, 0) is 96.7 Å². The molecule has 0 bridgehead atoms. The third-order valence-electron chi connectivity index (χ3n) is 13.8. The zero-order valence-electron chi connectivity index (χ0n) is 25.0. The number of hydrogen-bond acceptors (Lipinski definition) is 3. The summed E-state index contributed by atoms with van der Waals surface area (Å²) in [5.41, 5.74) is 2.79. The van der Waals surface area contributed by atoms with Crippen LogP contribution in [0.5, 0.6) is 0 Å². The summed E-state index contributed by atoms with van der Waals surface area (Å²) >= 11 is 0. The molecule has 0 N–H and O–H groups in total. The average molecular weight is 499 g/mol. The lowest BCUT2D eigenvalue weighted by Gasteiger charge is -2.72. The third-order valence-corrected chi connectivity index (χ3v) is 13.8. The fraction of sp³-hybridized carbons (Fsp3) is 0.909. The standard InChI is InChI=1S/C33H54O3/c1-20-11-14-30(6)17-18-32(8)23(27(30)21(20)2)19-24(35-10)28-31(7)15-13-26(36-22(3)34)29(4,5)25(31)12-16-33(28,32)9/h19-21,24-28H,11-18H2,1-10H3/t20-,21+,24-,25+,26+,27+,28-,30-,31+,32-,33-/m1/s1. The summed E-state index contributed by atoms with van der Waals surface area (Å²) in [4.78, 5) is 12.0. The van der Waals surface area contributed by atoms with E-state index in [1.165, 1.54) is 38.5 Å². The minimum atomic E-state index is -0.133. The number of esters is 1. The molecule has 4 saturated carbocycles. The van der Waals surface area contributed by atoms with E-state index in [2.05, 4.69) is 61.5 Å². The number of rotatable bonds is 2. The first-order valence-electron chi connectivity index (χ1n) is 15.1. The summed E-state index contributed by atoms with van der Waals surface area (Å²) in [7, 11) is 1.96. The van der Waals surface area contributed by atoms with Gasteiger partial charge in [0.15, 0.2) is 0 Å². The minimum Gasteiger partial charge on any atom is -0.462 e. The molecule has 5 aliphatic rings. The maximum atomic E-state index is 12.0. The van der Waals surface area contributed by atoms with Crippen molar-refractivity contribution in [1.29, 1.82) is 0 Å². The van der Waals surface area contributed by atoms with Gasteiger partial charge in [-0.1, -0.05) is 67.0 Å². The number of carbonyl (C=O) groups excluding carboxylic acids is 1. The van der Waals surface area contributed by atoms with Crippen molar-refractivity contribution >= 4 is 5.97 Å². The summed E-state index contributed by atoms with van der Waals surface area (Å²) in [6.45, 7) is 21.9. The Labute approximate surface area is 221 Å². The van der Waals surface area contributed by atoms with Crippen LogP contribution in [-0.2, 0) is 14.3 Å².